The molecule has 1 N–H and O–H groups in total. The first kappa shape index (κ1) is 12.6. The molecule has 0 bridgehead atoms. The summed E-state index contributed by atoms with van der Waals surface area (Å²) in [6.45, 7) is 1.75. The van der Waals surface area contributed by atoms with Gasteiger partial charge < -0.3 is 9.84 Å². The maximum Gasteiger partial charge on any atom is 0.280 e. The van der Waals surface area contributed by atoms with Crippen molar-refractivity contribution in [1.82, 2.24) is 4.98 Å². The zero-order chi connectivity index (χ0) is 12.4. The van der Waals surface area contributed by atoms with Crippen molar-refractivity contribution >= 4 is 34.5 Å². The van der Waals surface area contributed by atoms with E-state index in [4.69, 9.17) is 33.0 Å². The second-order valence-corrected chi connectivity index (χ2v) is 5.18. The lowest BCUT2D eigenvalue weighted by molar-refractivity contribution is 0.285. The number of aliphatic hydroxyl groups is 1. The van der Waals surface area contributed by atoms with Gasteiger partial charge in [-0.25, -0.2) is 0 Å². The fourth-order valence-electron chi connectivity index (χ4n) is 1.24. The number of hydrogen-bond donors (Lipinski definition) is 1. The van der Waals surface area contributed by atoms with Gasteiger partial charge in [-0.1, -0.05) is 34.5 Å². The summed E-state index contributed by atoms with van der Waals surface area (Å²) >= 11 is 12.9. The third-order valence-corrected chi connectivity index (χ3v) is 3.88. The van der Waals surface area contributed by atoms with Gasteiger partial charge in [0.05, 0.1) is 11.5 Å². The molecule has 0 atom stereocenters. The van der Waals surface area contributed by atoms with E-state index < -0.39 is 0 Å². The molecule has 2 rings (SSSR count). The maximum absolute atomic E-state index is 8.99. The molecule has 0 amide bonds. The van der Waals surface area contributed by atoms with Crippen LogP contribution >= 0.6 is 34.5 Å². The lowest BCUT2D eigenvalue weighted by Crippen LogP contribution is -1.84. The van der Waals surface area contributed by atoms with E-state index in [0.29, 0.717) is 20.8 Å². The van der Waals surface area contributed by atoms with Crippen LogP contribution in [0.1, 0.15) is 10.4 Å². The summed E-state index contributed by atoms with van der Waals surface area (Å²) in [7, 11) is 0. The smallest absolute Gasteiger partial charge is 0.280 e. The van der Waals surface area contributed by atoms with Crippen LogP contribution in [0.4, 0.5) is 0 Å². The SMILES string of the molecule is Cc1cc(Oc2nc(Cl)c(CO)s2)ccc1Cl. The second kappa shape index (κ2) is 5.23. The van der Waals surface area contributed by atoms with E-state index in [-0.39, 0.29) is 11.8 Å². The fourth-order valence-corrected chi connectivity index (χ4v) is 2.34. The Labute approximate surface area is 113 Å². The van der Waals surface area contributed by atoms with Crippen LogP contribution in [-0.2, 0) is 6.61 Å². The number of aliphatic hydroxyl groups excluding tert-OH is 1. The van der Waals surface area contributed by atoms with Crippen molar-refractivity contribution in [3.63, 3.8) is 0 Å². The van der Waals surface area contributed by atoms with Crippen molar-refractivity contribution < 1.29 is 9.84 Å². The van der Waals surface area contributed by atoms with Gasteiger partial charge in [0.15, 0.2) is 0 Å². The van der Waals surface area contributed by atoms with Crippen molar-refractivity contribution in [2.45, 2.75) is 13.5 Å². The number of benzene rings is 1. The first-order chi connectivity index (χ1) is 8.10. The van der Waals surface area contributed by atoms with Crippen LogP contribution in [0.3, 0.4) is 0 Å². The van der Waals surface area contributed by atoms with E-state index in [9.17, 15) is 0 Å². The molecule has 6 heteroatoms. The van der Waals surface area contributed by atoms with E-state index in [1.807, 2.05) is 13.0 Å². The number of aromatic nitrogens is 1. The van der Waals surface area contributed by atoms with E-state index in [2.05, 4.69) is 4.98 Å². The molecule has 0 fully saturated rings. The van der Waals surface area contributed by atoms with Gasteiger partial charge in [-0.05, 0) is 30.7 Å². The first-order valence-corrected chi connectivity index (χ1v) is 6.37. The Bertz CT molecular complexity index is 542. The molecule has 0 saturated carbocycles. The highest BCUT2D eigenvalue weighted by molar-refractivity contribution is 7.13. The molecule has 1 aromatic heterocycles. The lowest BCUT2D eigenvalue weighted by atomic mass is 10.2. The Morgan fingerprint density at radius 2 is 2.18 bits per heavy atom. The monoisotopic (exact) mass is 289 g/mol. The number of thiazole rings is 1. The van der Waals surface area contributed by atoms with Crippen molar-refractivity contribution in [3.8, 4) is 10.9 Å². The summed E-state index contributed by atoms with van der Waals surface area (Å²) < 4.78 is 5.53. The van der Waals surface area contributed by atoms with Gasteiger partial charge in [0, 0.05) is 5.02 Å². The standard InChI is InChI=1S/C11H9Cl2NO2S/c1-6-4-7(2-3-8(6)12)16-11-14-10(13)9(5-15)17-11/h2-4,15H,5H2,1H3. The molecular formula is C11H9Cl2NO2S. The Kier molecular flexibility index (Phi) is 3.89. The molecule has 90 valence electrons. The van der Waals surface area contributed by atoms with Crippen LogP contribution in [0.25, 0.3) is 0 Å². The predicted molar refractivity (Wildman–Crippen MR) is 69.3 cm³/mol. The van der Waals surface area contributed by atoms with Crippen LogP contribution in [0.15, 0.2) is 18.2 Å². The summed E-state index contributed by atoms with van der Waals surface area (Å²) in [5.74, 6) is 0.641. The zero-order valence-corrected chi connectivity index (χ0v) is 11.2. The third kappa shape index (κ3) is 2.90. The Hall–Kier alpha value is -0.810. The summed E-state index contributed by atoms with van der Waals surface area (Å²) in [4.78, 5) is 4.59. The summed E-state index contributed by atoms with van der Waals surface area (Å²) in [5, 5.41) is 10.4. The van der Waals surface area contributed by atoms with Gasteiger partial charge in [0.1, 0.15) is 10.9 Å². The summed E-state index contributed by atoms with van der Waals surface area (Å²) in [5.41, 5.74) is 0.925. The number of ether oxygens (including phenoxy) is 1. The highest BCUT2D eigenvalue weighted by atomic mass is 35.5. The van der Waals surface area contributed by atoms with Gasteiger partial charge in [-0.15, -0.1) is 0 Å². The van der Waals surface area contributed by atoms with Crippen LogP contribution in [0, 0.1) is 6.92 Å². The van der Waals surface area contributed by atoms with Crippen molar-refractivity contribution in [1.29, 1.82) is 0 Å². The molecule has 0 aliphatic rings. The Morgan fingerprint density at radius 1 is 1.41 bits per heavy atom. The molecule has 0 radical (unpaired) electrons. The molecule has 0 aliphatic carbocycles. The molecule has 0 aliphatic heterocycles. The fraction of sp³-hybridized carbons (Fsp3) is 0.182. The molecule has 1 aromatic carbocycles. The minimum atomic E-state index is -0.139. The van der Waals surface area contributed by atoms with Gasteiger partial charge in [-0.2, -0.15) is 4.98 Å². The van der Waals surface area contributed by atoms with Gasteiger partial charge >= 0.3 is 0 Å². The highest BCUT2D eigenvalue weighted by Gasteiger charge is 2.10. The van der Waals surface area contributed by atoms with E-state index in [1.54, 1.807) is 12.1 Å². The molecule has 3 nitrogen and oxygen atoms in total. The van der Waals surface area contributed by atoms with Crippen molar-refractivity contribution in [3.05, 3.63) is 38.8 Å². The molecule has 0 spiro atoms. The van der Waals surface area contributed by atoms with Gasteiger partial charge in [0.2, 0.25) is 0 Å². The molecule has 0 saturated heterocycles. The van der Waals surface area contributed by atoms with Crippen LogP contribution in [0.2, 0.25) is 10.2 Å². The van der Waals surface area contributed by atoms with E-state index in [0.717, 1.165) is 5.56 Å². The van der Waals surface area contributed by atoms with Crippen molar-refractivity contribution in [2.75, 3.05) is 0 Å². The Balaban J connectivity index is 2.22. The zero-order valence-electron chi connectivity index (χ0n) is 8.91. The minimum absolute atomic E-state index is 0.139. The molecule has 1 heterocycles. The van der Waals surface area contributed by atoms with E-state index in [1.165, 1.54) is 11.3 Å². The average molecular weight is 290 g/mol. The first-order valence-electron chi connectivity index (χ1n) is 4.80. The molecule has 17 heavy (non-hydrogen) atoms. The van der Waals surface area contributed by atoms with E-state index >= 15 is 0 Å². The predicted octanol–water partition coefficient (Wildman–Crippen LogP) is 4.04. The average Bonchev–Trinajstić information content (AvgIpc) is 2.64. The Morgan fingerprint density at radius 3 is 2.76 bits per heavy atom. The molecule has 0 unspecified atom stereocenters. The minimum Gasteiger partial charge on any atom is -0.431 e. The van der Waals surface area contributed by atoms with Crippen LogP contribution < -0.4 is 4.74 Å². The number of nitrogens with zero attached hydrogens (tertiary/aromatic N) is 1. The molecular weight excluding hydrogens is 281 g/mol. The largest absolute Gasteiger partial charge is 0.431 e. The quantitative estimate of drug-likeness (QED) is 0.927. The third-order valence-electron chi connectivity index (χ3n) is 2.11. The maximum atomic E-state index is 8.99. The van der Waals surface area contributed by atoms with Gasteiger partial charge in [0.25, 0.3) is 5.19 Å². The highest BCUT2D eigenvalue weighted by Crippen LogP contribution is 2.32. The number of halogens is 2. The number of rotatable bonds is 3. The number of hydrogen-bond acceptors (Lipinski definition) is 4. The topological polar surface area (TPSA) is 42.4 Å². The summed E-state index contributed by atoms with van der Waals surface area (Å²) in [6, 6.07) is 5.33. The molecule has 2 aromatic rings. The van der Waals surface area contributed by atoms with Gasteiger partial charge in [-0.3, -0.25) is 0 Å². The number of aryl methyl sites for hydroxylation is 1. The van der Waals surface area contributed by atoms with Crippen LogP contribution in [-0.4, -0.2) is 10.1 Å². The second-order valence-electron chi connectivity index (χ2n) is 3.36. The van der Waals surface area contributed by atoms with Crippen molar-refractivity contribution in [2.24, 2.45) is 0 Å². The summed E-state index contributed by atoms with van der Waals surface area (Å²) in [6.07, 6.45) is 0. The normalized spacial score (nSPS) is 10.6. The lowest BCUT2D eigenvalue weighted by Gasteiger charge is -2.03. The van der Waals surface area contributed by atoms with Crippen LogP contribution in [0.5, 0.6) is 10.9 Å².